The van der Waals surface area contributed by atoms with Crippen molar-refractivity contribution in [1.29, 1.82) is 0 Å². The summed E-state index contributed by atoms with van der Waals surface area (Å²) in [6.45, 7) is 2.80. The molecule has 0 unspecified atom stereocenters. The van der Waals surface area contributed by atoms with Gasteiger partial charge in [0.15, 0.2) is 0 Å². The van der Waals surface area contributed by atoms with Crippen LogP contribution in [-0.4, -0.2) is 33.6 Å². The fraction of sp³-hybridized carbons (Fsp3) is 0.750. The average molecular weight is 233 g/mol. The Morgan fingerprint density at radius 3 is 3.14 bits per heavy atom. The number of piperidine rings is 1. The van der Waals surface area contributed by atoms with E-state index in [1.807, 2.05) is 0 Å². The molecule has 14 heavy (non-hydrogen) atoms. The molecule has 0 radical (unpaired) electrons. The minimum Gasteiger partial charge on any atom is -0.327 e. The second-order valence-corrected chi connectivity index (χ2v) is 4.99. The lowest BCUT2D eigenvalue weighted by Gasteiger charge is -2.29. The largest absolute Gasteiger partial charge is 0.327 e. The van der Waals surface area contributed by atoms with Crippen LogP contribution < -0.4 is 5.73 Å². The molecule has 0 saturated carbocycles. The Labute approximate surface area is 92.2 Å². The van der Waals surface area contributed by atoms with Gasteiger partial charge in [-0.1, -0.05) is 16.1 Å². The molecule has 0 aliphatic carbocycles. The van der Waals surface area contributed by atoms with Crippen molar-refractivity contribution >= 4 is 23.1 Å². The lowest BCUT2D eigenvalue weighted by molar-refractivity contribution is 0.199. The van der Waals surface area contributed by atoms with E-state index in [-0.39, 0.29) is 0 Å². The molecule has 78 valence electrons. The van der Waals surface area contributed by atoms with Gasteiger partial charge in [0.25, 0.3) is 0 Å². The van der Waals surface area contributed by atoms with Crippen LogP contribution in [0.2, 0.25) is 4.34 Å². The van der Waals surface area contributed by atoms with E-state index < -0.39 is 0 Å². The summed E-state index contributed by atoms with van der Waals surface area (Å²) in [5.41, 5.74) is 6.76. The summed E-state index contributed by atoms with van der Waals surface area (Å²) in [7, 11) is 0. The van der Waals surface area contributed by atoms with E-state index in [9.17, 15) is 0 Å². The second kappa shape index (κ2) is 4.53. The van der Waals surface area contributed by atoms with Gasteiger partial charge in [0.2, 0.25) is 0 Å². The standard InChI is InChI=1S/C8H13ClN4S/c9-8-7(11-12-14-8)5-13-3-1-2-6(10)4-13/h6H,1-5,10H2/t6-/m1/s1. The molecule has 1 atom stereocenters. The zero-order valence-electron chi connectivity index (χ0n) is 7.82. The van der Waals surface area contributed by atoms with Crippen molar-refractivity contribution in [2.24, 2.45) is 5.73 Å². The SMILES string of the molecule is N[C@@H]1CCCN(Cc2nnsc2Cl)C1. The fourth-order valence-corrected chi connectivity index (χ4v) is 2.35. The summed E-state index contributed by atoms with van der Waals surface area (Å²) in [6, 6.07) is 0.300. The van der Waals surface area contributed by atoms with Crippen LogP contribution in [0.15, 0.2) is 0 Å². The zero-order valence-corrected chi connectivity index (χ0v) is 9.39. The maximum atomic E-state index is 5.93. The molecule has 2 rings (SSSR count). The van der Waals surface area contributed by atoms with Crippen molar-refractivity contribution in [2.75, 3.05) is 13.1 Å². The molecular formula is C8H13ClN4S. The molecule has 1 aliphatic heterocycles. The number of likely N-dealkylation sites (tertiary alicyclic amines) is 1. The van der Waals surface area contributed by atoms with Gasteiger partial charge in [0.05, 0.1) is 0 Å². The molecule has 4 nitrogen and oxygen atoms in total. The van der Waals surface area contributed by atoms with Crippen LogP contribution in [0.1, 0.15) is 18.5 Å². The fourth-order valence-electron chi connectivity index (χ4n) is 1.74. The van der Waals surface area contributed by atoms with Crippen molar-refractivity contribution < 1.29 is 0 Å². The Balaban J connectivity index is 1.94. The van der Waals surface area contributed by atoms with E-state index in [0.717, 1.165) is 38.2 Å². The van der Waals surface area contributed by atoms with Gasteiger partial charge in [-0.05, 0) is 19.4 Å². The first-order chi connectivity index (χ1) is 6.75. The third kappa shape index (κ3) is 2.42. The number of halogens is 1. The molecule has 1 aliphatic rings. The first kappa shape index (κ1) is 10.3. The summed E-state index contributed by atoms with van der Waals surface area (Å²) in [5, 5.41) is 3.99. The first-order valence-electron chi connectivity index (χ1n) is 4.70. The molecule has 2 N–H and O–H groups in total. The lowest BCUT2D eigenvalue weighted by Crippen LogP contribution is -2.42. The minimum absolute atomic E-state index is 0.300. The van der Waals surface area contributed by atoms with Crippen LogP contribution in [0, 0.1) is 0 Å². The van der Waals surface area contributed by atoms with Gasteiger partial charge < -0.3 is 5.73 Å². The topological polar surface area (TPSA) is 55.0 Å². The summed E-state index contributed by atoms with van der Waals surface area (Å²) in [5.74, 6) is 0. The molecule has 0 bridgehead atoms. The van der Waals surface area contributed by atoms with Crippen LogP contribution in [0.3, 0.4) is 0 Å². The van der Waals surface area contributed by atoms with Gasteiger partial charge in [-0.2, -0.15) is 0 Å². The zero-order chi connectivity index (χ0) is 9.97. The third-order valence-corrected chi connectivity index (χ3v) is 3.41. The highest BCUT2D eigenvalue weighted by Crippen LogP contribution is 2.20. The summed E-state index contributed by atoms with van der Waals surface area (Å²) in [6.07, 6.45) is 2.29. The van der Waals surface area contributed by atoms with E-state index in [1.54, 1.807) is 0 Å². The molecule has 0 aromatic carbocycles. The Hall–Kier alpha value is -0.230. The number of aromatic nitrogens is 2. The first-order valence-corrected chi connectivity index (χ1v) is 5.85. The summed E-state index contributed by atoms with van der Waals surface area (Å²) >= 11 is 7.17. The van der Waals surface area contributed by atoms with E-state index in [2.05, 4.69) is 14.5 Å². The van der Waals surface area contributed by atoms with Crippen LogP contribution >= 0.6 is 23.1 Å². The van der Waals surface area contributed by atoms with Crippen molar-refractivity contribution in [2.45, 2.75) is 25.4 Å². The Morgan fingerprint density at radius 2 is 2.50 bits per heavy atom. The van der Waals surface area contributed by atoms with Crippen LogP contribution in [0.5, 0.6) is 0 Å². The van der Waals surface area contributed by atoms with Gasteiger partial charge in [0, 0.05) is 30.7 Å². The number of nitrogens with zero attached hydrogens (tertiary/aromatic N) is 3. The van der Waals surface area contributed by atoms with Crippen molar-refractivity contribution in [3.8, 4) is 0 Å². The van der Waals surface area contributed by atoms with Gasteiger partial charge in [-0.15, -0.1) is 5.10 Å². The van der Waals surface area contributed by atoms with E-state index in [4.69, 9.17) is 17.3 Å². The monoisotopic (exact) mass is 232 g/mol. The molecule has 1 saturated heterocycles. The van der Waals surface area contributed by atoms with Crippen molar-refractivity contribution in [1.82, 2.24) is 14.5 Å². The maximum Gasteiger partial charge on any atom is 0.138 e. The Kier molecular flexibility index (Phi) is 3.33. The maximum absolute atomic E-state index is 5.93. The van der Waals surface area contributed by atoms with E-state index in [1.165, 1.54) is 11.5 Å². The molecular weight excluding hydrogens is 220 g/mol. The predicted molar refractivity (Wildman–Crippen MR) is 57.4 cm³/mol. The number of hydrogen-bond donors (Lipinski definition) is 1. The van der Waals surface area contributed by atoms with Gasteiger partial charge in [0.1, 0.15) is 10.0 Å². The molecule has 6 heteroatoms. The highest BCUT2D eigenvalue weighted by Gasteiger charge is 2.18. The molecule has 2 heterocycles. The average Bonchev–Trinajstić information content (AvgIpc) is 2.52. The van der Waals surface area contributed by atoms with Gasteiger partial charge in [-0.3, -0.25) is 4.90 Å². The number of nitrogens with two attached hydrogens (primary N) is 1. The lowest BCUT2D eigenvalue weighted by atomic mass is 10.1. The molecule has 1 aromatic rings. The smallest absolute Gasteiger partial charge is 0.138 e. The van der Waals surface area contributed by atoms with Crippen LogP contribution in [0.25, 0.3) is 0 Å². The second-order valence-electron chi connectivity index (χ2n) is 3.63. The van der Waals surface area contributed by atoms with Crippen molar-refractivity contribution in [3.05, 3.63) is 10.0 Å². The van der Waals surface area contributed by atoms with Crippen LogP contribution in [0.4, 0.5) is 0 Å². The number of rotatable bonds is 2. The van der Waals surface area contributed by atoms with Crippen molar-refractivity contribution in [3.63, 3.8) is 0 Å². The van der Waals surface area contributed by atoms with E-state index >= 15 is 0 Å². The van der Waals surface area contributed by atoms with Crippen LogP contribution in [-0.2, 0) is 6.54 Å². The normalized spacial score (nSPS) is 24.0. The Morgan fingerprint density at radius 1 is 1.64 bits per heavy atom. The van der Waals surface area contributed by atoms with E-state index in [0.29, 0.717) is 10.4 Å². The Bertz CT molecular complexity index is 303. The molecule has 0 spiro atoms. The predicted octanol–water partition coefficient (Wildman–Crippen LogP) is 1.11. The van der Waals surface area contributed by atoms with Gasteiger partial charge in [-0.25, -0.2) is 0 Å². The summed E-state index contributed by atoms with van der Waals surface area (Å²) in [4.78, 5) is 2.29. The number of hydrogen-bond acceptors (Lipinski definition) is 5. The molecule has 1 fully saturated rings. The molecule has 0 amide bonds. The minimum atomic E-state index is 0.300. The quantitative estimate of drug-likeness (QED) is 0.830. The highest BCUT2D eigenvalue weighted by atomic mass is 35.5. The molecule has 1 aromatic heterocycles. The third-order valence-electron chi connectivity index (χ3n) is 2.42. The van der Waals surface area contributed by atoms with Gasteiger partial charge >= 0.3 is 0 Å². The highest BCUT2D eigenvalue weighted by molar-refractivity contribution is 7.10. The summed E-state index contributed by atoms with van der Waals surface area (Å²) < 4.78 is 4.51.